The van der Waals surface area contributed by atoms with E-state index in [2.05, 4.69) is 0 Å². The van der Waals surface area contributed by atoms with Crippen LogP contribution in [0.1, 0.15) is 25.3 Å². The molecule has 7 nitrogen and oxygen atoms in total. The second-order valence-corrected chi connectivity index (χ2v) is 5.42. The van der Waals surface area contributed by atoms with Gasteiger partial charge in [-0.1, -0.05) is 6.07 Å². The number of primary amides is 1. The fourth-order valence-corrected chi connectivity index (χ4v) is 2.73. The molecule has 2 unspecified atom stereocenters. The predicted molar refractivity (Wildman–Crippen MR) is 77.7 cm³/mol. The number of aliphatic hydroxyl groups excluding tert-OH is 1. The van der Waals surface area contributed by atoms with Gasteiger partial charge in [0.25, 0.3) is 5.69 Å². The molecule has 0 aromatic heterocycles. The summed E-state index contributed by atoms with van der Waals surface area (Å²) in [6, 6.07) is 4.75. The monoisotopic (exact) mass is 293 g/mol. The summed E-state index contributed by atoms with van der Waals surface area (Å²) in [6.07, 6.45) is 1.46. The first-order valence-electron chi connectivity index (χ1n) is 6.88. The van der Waals surface area contributed by atoms with Gasteiger partial charge in [-0.05, 0) is 31.4 Å². The van der Waals surface area contributed by atoms with Crippen molar-refractivity contribution in [2.24, 2.45) is 11.7 Å². The molecule has 1 heterocycles. The van der Waals surface area contributed by atoms with Crippen molar-refractivity contribution in [3.8, 4) is 0 Å². The smallest absolute Gasteiger partial charge is 0.292 e. The molecule has 2 rings (SSSR count). The topological polar surface area (TPSA) is 110 Å². The minimum Gasteiger partial charge on any atom is -0.392 e. The van der Waals surface area contributed by atoms with Crippen LogP contribution in [0.2, 0.25) is 0 Å². The van der Waals surface area contributed by atoms with E-state index in [-0.39, 0.29) is 30.2 Å². The molecule has 0 spiro atoms. The third-order valence-electron chi connectivity index (χ3n) is 4.01. The predicted octanol–water partition coefficient (Wildman–Crippen LogP) is 1.18. The molecule has 7 heteroatoms. The van der Waals surface area contributed by atoms with Crippen LogP contribution in [0.25, 0.3) is 0 Å². The summed E-state index contributed by atoms with van der Waals surface area (Å²) in [5.74, 6) is -0.667. The van der Waals surface area contributed by atoms with E-state index in [1.807, 2.05) is 11.8 Å². The van der Waals surface area contributed by atoms with Gasteiger partial charge in [-0.2, -0.15) is 0 Å². The van der Waals surface area contributed by atoms with Crippen LogP contribution in [-0.4, -0.2) is 28.5 Å². The Morgan fingerprint density at radius 3 is 2.81 bits per heavy atom. The Bertz CT molecular complexity index is 561. The lowest BCUT2D eigenvalue weighted by molar-refractivity contribution is -0.384. The Kier molecular flexibility index (Phi) is 4.42. The van der Waals surface area contributed by atoms with Crippen LogP contribution in [0, 0.1) is 16.0 Å². The first-order valence-corrected chi connectivity index (χ1v) is 6.88. The van der Waals surface area contributed by atoms with Gasteiger partial charge in [0.1, 0.15) is 5.69 Å². The number of aliphatic hydroxyl groups is 1. The lowest BCUT2D eigenvalue weighted by Gasteiger charge is -2.38. The number of nitro groups is 1. The maximum absolute atomic E-state index is 11.4. The third-order valence-corrected chi connectivity index (χ3v) is 4.01. The van der Waals surface area contributed by atoms with Crippen molar-refractivity contribution >= 4 is 17.3 Å². The number of hydrogen-bond acceptors (Lipinski definition) is 5. The minimum absolute atomic E-state index is 0.0569. The van der Waals surface area contributed by atoms with Crippen molar-refractivity contribution in [1.29, 1.82) is 0 Å². The summed E-state index contributed by atoms with van der Waals surface area (Å²) in [5.41, 5.74) is 6.26. The summed E-state index contributed by atoms with van der Waals surface area (Å²) in [4.78, 5) is 24.0. The van der Waals surface area contributed by atoms with Crippen molar-refractivity contribution in [2.45, 2.75) is 32.4 Å². The van der Waals surface area contributed by atoms with Crippen molar-refractivity contribution in [3.63, 3.8) is 0 Å². The Morgan fingerprint density at radius 2 is 2.24 bits per heavy atom. The molecule has 0 radical (unpaired) electrons. The Balaban J connectivity index is 2.39. The van der Waals surface area contributed by atoms with Gasteiger partial charge in [-0.15, -0.1) is 0 Å². The zero-order valence-electron chi connectivity index (χ0n) is 11.9. The van der Waals surface area contributed by atoms with Crippen LogP contribution >= 0.6 is 0 Å². The molecular weight excluding hydrogens is 274 g/mol. The number of carbonyl (C=O) groups is 1. The first-order chi connectivity index (χ1) is 9.93. The lowest BCUT2D eigenvalue weighted by Crippen LogP contribution is -2.46. The van der Waals surface area contributed by atoms with Crippen LogP contribution < -0.4 is 10.6 Å². The number of piperidine rings is 1. The highest BCUT2D eigenvalue weighted by molar-refractivity contribution is 5.78. The summed E-state index contributed by atoms with van der Waals surface area (Å²) < 4.78 is 0. The molecule has 1 saturated heterocycles. The zero-order valence-corrected chi connectivity index (χ0v) is 11.9. The summed E-state index contributed by atoms with van der Waals surface area (Å²) in [6.45, 7) is 2.11. The fourth-order valence-electron chi connectivity index (χ4n) is 2.73. The number of rotatable bonds is 4. The molecule has 0 saturated carbocycles. The van der Waals surface area contributed by atoms with Gasteiger partial charge in [-0.25, -0.2) is 0 Å². The number of benzene rings is 1. The molecule has 1 aromatic carbocycles. The quantitative estimate of drug-likeness (QED) is 0.639. The number of anilines is 1. The summed E-state index contributed by atoms with van der Waals surface area (Å²) in [7, 11) is 0. The van der Waals surface area contributed by atoms with Crippen LogP contribution in [0.3, 0.4) is 0 Å². The fraction of sp³-hybridized carbons (Fsp3) is 0.500. The molecule has 0 aliphatic carbocycles. The van der Waals surface area contributed by atoms with Gasteiger partial charge in [0.05, 0.1) is 17.4 Å². The summed E-state index contributed by atoms with van der Waals surface area (Å²) >= 11 is 0. The van der Waals surface area contributed by atoms with E-state index in [4.69, 9.17) is 10.8 Å². The van der Waals surface area contributed by atoms with E-state index >= 15 is 0 Å². The molecule has 1 aliphatic heterocycles. The van der Waals surface area contributed by atoms with E-state index in [1.165, 1.54) is 6.07 Å². The molecule has 1 fully saturated rings. The second-order valence-electron chi connectivity index (χ2n) is 5.42. The minimum atomic E-state index is -0.463. The Hall–Kier alpha value is -2.15. The first kappa shape index (κ1) is 15.2. The summed E-state index contributed by atoms with van der Waals surface area (Å²) in [5, 5.41) is 20.4. The normalized spacial score (nSPS) is 22.1. The molecule has 21 heavy (non-hydrogen) atoms. The van der Waals surface area contributed by atoms with Crippen LogP contribution in [0.4, 0.5) is 11.4 Å². The average molecular weight is 293 g/mol. The van der Waals surface area contributed by atoms with Crippen LogP contribution in [-0.2, 0) is 11.4 Å². The van der Waals surface area contributed by atoms with Crippen molar-refractivity contribution in [3.05, 3.63) is 33.9 Å². The maximum Gasteiger partial charge on any atom is 0.292 e. The molecule has 3 N–H and O–H groups in total. The van der Waals surface area contributed by atoms with Crippen molar-refractivity contribution in [1.82, 2.24) is 0 Å². The molecular formula is C14H19N3O4. The molecule has 1 amide bonds. The number of amides is 1. The maximum atomic E-state index is 11.4. The van der Waals surface area contributed by atoms with E-state index in [9.17, 15) is 14.9 Å². The lowest BCUT2D eigenvalue weighted by atomic mass is 9.92. The van der Waals surface area contributed by atoms with Gasteiger partial charge in [-0.3, -0.25) is 14.9 Å². The number of nitrogens with two attached hydrogens (primary N) is 1. The van der Waals surface area contributed by atoms with Gasteiger partial charge in [0.15, 0.2) is 0 Å². The number of nitro benzene ring substituents is 1. The van der Waals surface area contributed by atoms with E-state index in [1.54, 1.807) is 12.1 Å². The van der Waals surface area contributed by atoms with Crippen LogP contribution in [0.15, 0.2) is 18.2 Å². The average Bonchev–Trinajstić information content (AvgIpc) is 2.46. The standard InChI is InChI=1S/C14H19N3O4/c1-9-2-4-11(14(15)19)7-16(9)12-5-3-10(8-18)6-13(12)17(20)21/h3,5-6,9,11,18H,2,4,7-8H2,1H3,(H2,15,19). The van der Waals surface area contributed by atoms with Crippen molar-refractivity contribution < 1.29 is 14.8 Å². The largest absolute Gasteiger partial charge is 0.392 e. The highest BCUT2D eigenvalue weighted by Crippen LogP contribution is 2.35. The number of carbonyl (C=O) groups excluding carboxylic acids is 1. The van der Waals surface area contributed by atoms with Gasteiger partial charge in [0.2, 0.25) is 5.91 Å². The highest BCUT2D eigenvalue weighted by Gasteiger charge is 2.32. The Morgan fingerprint density at radius 1 is 1.52 bits per heavy atom. The van der Waals surface area contributed by atoms with Gasteiger partial charge < -0.3 is 15.7 Å². The second kappa shape index (κ2) is 6.09. The third kappa shape index (κ3) is 3.13. The van der Waals surface area contributed by atoms with Gasteiger partial charge in [0, 0.05) is 18.7 Å². The number of nitrogens with zero attached hydrogens (tertiary/aromatic N) is 2. The molecule has 2 atom stereocenters. The SMILES string of the molecule is CC1CCC(C(N)=O)CN1c1ccc(CO)cc1[N+](=O)[O-]. The Labute approximate surface area is 122 Å². The zero-order chi connectivity index (χ0) is 15.6. The van der Waals surface area contributed by atoms with Gasteiger partial charge >= 0.3 is 0 Å². The molecule has 1 aromatic rings. The van der Waals surface area contributed by atoms with E-state index in [0.717, 1.165) is 6.42 Å². The van der Waals surface area contributed by atoms with Crippen molar-refractivity contribution in [2.75, 3.05) is 11.4 Å². The highest BCUT2D eigenvalue weighted by atomic mass is 16.6. The molecule has 0 bridgehead atoms. The molecule has 114 valence electrons. The van der Waals surface area contributed by atoms with E-state index < -0.39 is 4.92 Å². The molecule has 1 aliphatic rings. The van der Waals surface area contributed by atoms with E-state index in [0.29, 0.717) is 24.2 Å². The number of hydrogen-bond donors (Lipinski definition) is 2. The van der Waals surface area contributed by atoms with Crippen LogP contribution in [0.5, 0.6) is 0 Å².